The Bertz CT molecular complexity index is 470. The van der Waals surface area contributed by atoms with Crippen LogP contribution in [-0.4, -0.2) is 21.0 Å². The molecule has 0 aromatic carbocycles. The highest BCUT2D eigenvalue weighted by molar-refractivity contribution is 6.17. The van der Waals surface area contributed by atoms with Crippen LogP contribution in [-0.2, 0) is 6.42 Å². The molecule has 2 aromatic rings. The molecule has 0 aliphatic carbocycles. The van der Waals surface area contributed by atoms with Crippen molar-refractivity contribution >= 4 is 11.6 Å². The summed E-state index contributed by atoms with van der Waals surface area (Å²) in [6, 6.07) is 3.85. The molecule has 0 atom stereocenters. The van der Waals surface area contributed by atoms with E-state index in [4.69, 9.17) is 16.1 Å². The highest BCUT2D eigenvalue weighted by Gasteiger charge is 2.11. The number of rotatable bonds is 4. The minimum atomic E-state index is 0.544. The van der Waals surface area contributed by atoms with Crippen molar-refractivity contribution in [3.8, 4) is 11.5 Å². The van der Waals surface area contributed by atoms with Crippen molar-refractivity contribution in [2.75, 3.05) is 5.88 Å². The zero-order chi connectivity index (χ0) is 11.4. The van der Waals surface area contributed by atoms with E-state index >= 15 is 0 Å². The van der Waals surface area contributed by atoms with Gasteiger partial charge in [-0.1, -0.05) is 11.2 Å². The van der Waals surface area contributed by atoms with Gasteiger partial charge in [-0.25, -0.2) is 0 Å². The number of hydrogen-bond acceptors (Lipinski definition) is 4. The van der Waals surface area contributed by atoms with Gasteiger partial charge in [-0.15, -0.1) is 11.6 Å². The van der Waals surface area contributed by atoms with Crippen LogP contribution in [0.2, 0.25) is 0 Å². The number of pyridine rings is 1. The van der Waals surface area contributed by atoms with E-state index in [0.717, 1.165) is 17.7 Å². The Morgan fingerprint density at radius 1 is 1.44 bits per heavy atom. The monoisotopic (exact) mass is 237 g/mol. The summed E-state index contributed by atoms with van der Waals surface area (Å²) in [4.78, 5) is 8.51. The second kappa shape index (κ2) is 5.07. The third-order valence-electron chi connectivity index (χ3n) is 2.21. The molecule has 0 fully saturated rings. The lowest BCUT2D eigenvalue weighted by Gasteiger charge is -1.96. The predicted molar refractivity (Wildman–Crippen MR) is 61.3 cm³/mol. The summed E-state index contributed by atoms with van der Waals surface area (Å²) >= 11 is 5.60. The predicted octanol–water partition coefficient (Wildman–Crippen LogP) is 2.61. The maximum Gasteiger partial charge on any atom is 0.227 e. The average molecular weight is 238 g/mol. The normalized spacial score (nSPS) is 10.6. The smallest absolute Gasteiger partial charge is 0.227 e. The quantitative estimate of drug-likeness (QED) is 0.767. The first-order chi connectivity index (χ1) is 7.81. The van der Waals surface area contributed by atoms with E-state index in [2.05, 4.69) is 15.1 Å². The number of aromatic nitrogens is 3. The molecule has 0 aliphatic rings. The van der Waals surface area contributed by atoms with Gasteiger partial charge in [-0.2, -0.15) is 4.98 Å². The third kappa shape index (κ3) is 2.39. The largest absolute Gasteiger partial charge is 0.339 e. The summed E-state index contributed by atoms with van der Waals surface area (Å²) in [5, 5.41) is 3.91. The fraction of sp³-hybridized carbons (Fsp3) is 0.364. The minimum absolute atomic E-state index is 0.544. The second-order valence-corrected chi connectivity index (χ2v) is 3.85. The lowest BCUT2D eigenvalue weighted by atomic mass is 10.2. The average Bonchev–Trinajstić information content (AvgIpc) is 2.75. The fourth-order valence-corrected chi connectivity index (χ4v) is 1.52. The Kier molecular flexibility index (Phi) is 3.51. The van der Waals surface area contributed by atoms with E-state index in [-0.39, 0.29) is 0 Å². The number of hydrogen-bond donors (Lipinski definition) is 0. The Morgan fingerprint density at radius 2 is 2.31 bits per heavy atom. The van der Waals surface area contributed by atoms with Gasteiger partial charge in [0.25, 0.3) is 0 Å². The molecule has 0 unspecified atom stereocenters. The van der Waals surface area contributed by atoms with E-state index in [9.17, 15) is 0 Å². The van der Waals surface area contributed by atoms with Crippen LogP contribution in [0.25, 0.3) is 11.5 Å². The number of halogens is 1. The standard InChI is InChI=1S/C11H12ClN3O/c1-8-4-3-7-13-10(8)11-14-9(16-15-11)5-2-6-12/h3-4,7H,2,5-6H2,1H3. The highest BCUT2D eigenvalue weighted by atomic mass is 35.5. The van der Waals surface area contributed by atoms with Crippen LogP contribution >= 0.6 is 11.6 Å². The molecule has 0 saturated carbocycles. The molecule has 2 rings (SSSR count). The molecular formula is C11H12ClN3O. The maximum atomic E-state index is 5.60. The van der Waals surface area contributed by atoms with E-state index in [1.807, 2.05) is 19.1 Å². The molecule has 2 aromatic heterocycles. The Labute approximate surface area is 98.7 Å². The van der Waals surface area contributed by atoms with Gasteiger partial charge >= 0.3 is 0 Å². The number of aryl methyl sites for hydroxylation is 2. The van der Waals surface area contributed by atoms with Crippen molar-refractivity contribution in [3.05, 3.63) is 29.8 Å². The van der Waals surface area contributed by atoms with Gasteiger partial charge in [0.05, 0.1) is 0 Å². The number of nitrogens with zero attached hydrogens (tertiary/aromatic N) is 3. The van der Waals surface area contributed by atoms with Gasteiger partial charge < -0.3 is 4.52 Å². The molecule has 0 radical (unpaired) electrons. The van der Waals surface area contributed by atoms with Crippen LogP contribution in [0.4, 0.5) is 0 Å². The lowest BCUT2D eigenvalue weighted by Crippen LogP contribution is -1.90. The molecule has 0 aliphatic heterocycles. The molecule has 0 saturated heterocycles. The van der Waals surface area contributed by atoms with Crippen LogP contribution in [0.5, 0.6) is 0 Å². The van der Waals surface area contributed by atoms with Crippen LogP contribution in [0.15, 0.2) is 22.9 Å². The molecule has 16 heavy (non-hydrogen) atoms. The SMILES string of the molecule is Cc1cccnc1-c1noc(CCCCl)n1. The summed E-state index contributed by atoms with van der Waals surface area (Å²) in [6.07, 6.45) is 3.27. The van der Waals surface area contributed by atoms with E-state index in [1.54, 1.807) is 6.20 Å². The molecule has 5 heteroatoms. The third-order valence-corrected chi connectivity index (χ3v) is 2.48. The van der Waals surface area contributed by atoms with E-state index in [1.165, 1.54) is 0 Å². The van der Waals surface area contributed by atoms with E-state index < -0.39 is 0 Å². The van der Waals surface area contributed by atoms with Crippen LogP contribution < -0.4 is 0 Å². The fourth-order valence-electron chi connectivity index (χ4n) is 1.39. The van der Waals surface area contributed by atoms with Gasteiger partial charge in [0, 0.05) is 18.5 Å². The topological polar surface area (TPSA) is 51.8 Å². The van der Waals surface area contributed by atoms with Crippen LogP contribution in [0.3, 0.4) is 0 Å². The molecule has 0 N–H and O–H groups in total. The summed E-state index contributed by atoms with van der Waals surface area (Å²) in [7, 11) is 0. The van der Waals surface area contributed by atoms with Gasteiger partial charge in [0.15, 0.2) is 0 Å². The van der Waals surface area contributed by atoms with Gasteiger partial charge in [-0.05, 0) is 25.0 Å². The van der Waals surface area contributed by atoms with Crippen molar-refractivity contribution < 1.29 is 4.52 Å². The molecule has 0 spiro atoms. The van der Waals surface area contributed by atoms with E-state index in [0.29, 0.717) is 24.0 Å². The Morgan fingerprint density at radius 3 is 3.06 bits per heavy atom. The Hall–Kier alpha value is -1.42. The van der Waals surface area contributed by atoms with Crippen molar-refractivity contribution in [1.82, 2.24) is 15.1 Å². The van der Waals surface area contributed by atoms with Crippen molar-refractivity contribution in [2.45, 2.75) is 19.8 Å². The lowest BCUT2D eigenvalue weighted by molar-refractivity contribution is 0.378. The first-order valence-corrected chi connectivity index (χ1v) is 5.65. The Balaban J connectivity index is 2.22. The van der Waals surface area contributed by atoms with Gasteiger partial charge in [0.1, 0.15) is 5.69 Å². The van der Waals surface area contributed by atoms with Crippen molar-refractivity contribution in [1.29, 1.82) is 0 Å². The number of alkyl halides is 1. The molecule has 0 bridgehead atoms. The summed E-state index contributed by atoms with van der Waals surface area (Å²) < 4.78 is 5.12. The summed E-state index contributed by atoms with van der Waals surface area (Å²) in [5.41, 5.74) is 1.80. The summed E-state index contributed by atoms with van der Waals surface area (Å²) in [5.74, 6) is 1.75. The van der Waals surface area contributed by atoms with Crippen LogP contribution in [0.1, 0.15) is 17.9 Å². The van der Waals surface area contributed by atoms with Crippen LogP contribution in [0, 0.1) is 6.92 Å². The van der Waals surface area contributed by atoms with Crippen molar-refractivity contribution in [2.24, 2.45) is 0 Å². The van der Waals surface area contributed by atoms with Gasteiger partial charge in [0.2, 0.25) is 11.7 Å². The molecule has 2 heterocycles. The molecule has 4 nitrogen and oxygen atoms in total. The first kappa shape index (κ1) is 11.1. The highest BCUT2D eigenvalue weighted by Crippen LogP contribution is 2.17. The second-order valence-electron chi connectivity index (χ2n) is 3.47. The molecular weight excluding hydrogens is 226 g/mol. The zero-order valence-electron chi connectivity index (χ0n) is 8.98. The molecule has 84 valence electrons. The zero-order valence-corrected chi connectivity index (χ0v) is 9.74. The first-order valence-electron chi connectivity index (χ1n) is 5.12. The molecule has 0 amide bonds. The van der Waals surface area contributed by atoms with Gasteiger partial charge in [-0.3, -0.25) is 4.98 Å². The summed E-state index contributed by atoms with van der Waals surface area (Å²) in [6.45, 7) is 1.97. The van der Waals surface area contributed by atoms with Crippen molar-refractivity contribution in [3.63, 3.8) is 0 Å². The minimum Gasteiger partial charge on any atom is -0.339 e. The maximum absolute atomic E-state index is 5.60.